The second-order valence-corrected chi connectivity index (χ2v) is 12.0. The summed E-state index contributed by atoms with van der Waals surface area (Å²) < 4.78 is 56.5. The Hall–Kier alpha value is -3.32. The van der Waals surface area contributed by atoms with E-state index in [1.165, 1.54) is 0 Å². The smallest absolute Gasteiger partial charge is 0.229 e. The van der Waals surface area contributed by atoms with E-state index in [1.54, 1.807) is 36.4 Å². The van der Waals surface area contributed by atoms with E-state index in [9.17, 15) is 21.9 Å². The van der Waals surface area contributed by atoms with Crippen molar-refractivity contribution in [2.24, 2.45) is 0 Å². The molecule has 0 aliphatic rings. The number of rotatable bonds is 11. The summed E-state index contributed by atoms with van der Waals surface area (Å²) in [6.45, 7) is 1.14. The van der Waals surface area contributed by atoms with Gasteiger partial charge in [-0.25, -0.2) is 16.8 Å². The molecule has 3 aromatic carbocycles. The number of benzene rings is 3. The number of ether oxygens (including phenoxy) is 1. The van der Waals surface area contributed by atoms with E-state index >= 15 is 0 Å². The van der Waals surface area contributed by atoms with Crippen molar-refractivity contribution in [2.75, 3.05) is 41.7 Å². The van der Waals surface area contributed by atoms with Gasteiger partial charge in [-0.1, -0.05) is 18.2 Å². The highest BCUT2D eigenvalue weighted by atomic mass is 32.2. The van der Waals surface area contributed by atoms with E-state index in [1.807, 2.05) is 24.3 Å². The Morgan fingerprint density at radius 1 is 0.861 bits per heavy atom. The number of H-pyrrole nitrogens is 1. The lowest BCUT2D eigenvalue weighted by molar-refractivity contribution is 0.172. The summed E-state index contributed by atoms with van der Waals surface area (Å²) in [6, 6.07) is 17.7. The van der Waals surface area contributed by atoms with Gasteiger partial charge in [0.2, 0.25) is 20.0 Å². The minimum Gasteiger partial charge on any atom is -0.492 e. The molecule has 1 heterocycles. The Bertz CT molecular complexity index is 1600. The fourth-order valence-electron chi connectivity index (χ4n) is 3.88. The largest absolute Gasteiger partial charge is 0.492 e. The maximum Gasteiger partial charge on any atom is 0.229 e. The monoisotopic (exact) mass is 532 g/mol. The second-order valence-electron chi connectivity index (χ2n) is 8.54. The van der Waals surface area contributed by atoms with Crippen LogP contribution in [0.15, 0.2) is 60.7 Å². The van der Waals surface area contributed by atoms with E-state index in [2.05, 4.69) is 19.7 Å². The average molecular weight is 533 g/mol. The van der Waals surface area contributed by atoms with Crippen molar-refractivity contribution >= 4 is 53.2 Å². The Kier molecular flexibility index (Phi) is 7.41. The van der Waals surface area contributed by atoms with Crippen molar-refractivity contribution in [3.05, 3.63) is 66.2 Å². The van der Waals surface area contributed by atoms with Crippen molar-refractivity contribution < 1.29 is 26.7 Å². The van der Waals surface area contributed by atoms with Crippen LogP contribution in [-0.4, -0.2) is 59.1 Å². The van der Waals surface area contributed by atoms with Crippen LogP contribution < -0.4 is 19.5 Å². The zero-order chi connectivity index (χ0) is 25.9. The van der Waals surface area contributed by atoms with Crippen LogP contribution in [-0.2, 0) is 20.0 Å². The molecule has 0 aliphatic heterocycles. The predicted molar refractivity (Wildman–Crippen MR) is 143 cm³/mol. The van der Waals surface area contributed by atoms with Crippen LogP contribution in [0.5, 0.6) is 5.75 Å². The maximum atomic E-state index is 11.5. The van der Waals surface area contributed by atoms with Gasteiger partial charge in [0.15, 0.2) is 0 Å². The predicted octanol–water partition coefficient (Wildman–Crippen LogP) is 2.77. The molecule has 4 aromatic rings. The van der Waals surface area contributed by atoms with Gasteiger partial charge in [-0.3, -0.25) is 9.44 Å². The molecule has 0 aliphatic carbocycles. The standard InChI is InChI=1S/C24H28N4O6S2/c1-35(30,31)27-17-5-3-4-16(12-17)24(29)15-25-10-11-34-19-7-9-21-20-8-6-18(28-36(2,32)33)13-22(20)26-23(21)14-19/h3-9,12-14,24-29H,10-11,15H2,1-2H3. The number of aromatic nitrogens is 1. The van der Waals surface area contributed by atoms with Gasteiger partial charge in [0.05, 0.1) is 29.8 Å². The Balaban J connectivity index is 1.31. The van der Waals surface area contributed by atoms with Crippen molar-refractivity contribution in [3.8, 4) is 5.75 Å². The van der Waals surface area contributed by atoms with E-state index in [-0.39, 0.29) is 6.54 Å². The normalized spacial score (nSPS) is 13.1. The van der Waals surface area contributed by atoms with Crippen molar-refractivity contribution in [3.63, 3.8) is 0 Å². The first-order valence-electron chi connectivity index (χ1n) is 11.1. The quantitative estimate of drug-likeness (QED) is 0.186. The summed E-state index contributed by atoms with van der Waals surface area (Å²) in [6.07, 6.45) is 1.37. The number of nitrogens with one attached hydrogen (secondary N) is 4. The first-order chi connectivity index (χ1) is 17.0. The summed E-state index contributed by atoms with van der Waals surface area (Å²) in [5.41, 5.74) is 3.15. The van der Waals surface area contributed by atoms with Gasteiger partial charge in [0.1, 0.15) is 12.4 Å². The molecule has 12 heteroatoms. The molecule has 0 saturated carbocycles. The average Bonchev–Trinajstić information content (AvgIpc) is 3.13. The van der Waals surface area contributed by atoms with Crippen LogP contribution in [0.2, 0.25) is 0 Å². The number of sulfonamides is 2. The molecule has 1 unspecified atom stereocenters. The van der Waals surface area contributed by atoms with E-state index in [0.717, 1.165) is 34.3 Å². The fraction of sp³-hybridized carbons (Fsp3) is 0.250. The van der Waals surface area contributed by atoms with Crippen LogP contribution in [0.4, 0.5) is 11.4 Å². The molecule has 0 radical (unpaired) electrons. The van der Waals surface area contributed by atoms with Gasteiger partial charge in [0, 0.05) is 41.1 Å². The highest BCUT2D eigenvalue weighted by molar-refractivity contribution is 7.92. The number of aromatic amines is 1. The number of hydrogen-bond donors (Lipinski definition) is 5. The molecule has 0 spiro atoms. The van der Waals surface area contributed by atoms with Crippen molar-refractivity contribution in [2.45, 2.75) is 6.10 Å². The number of aliphatic hydroxyl groups is 1. The highest BCUT2D eigenvalue weighted by Gasteiger charge is 2.11. The Morgan fingerprint density at radius 2 is 1.50 bits per heavy atom. The lowest BCUT2D eigenvalue weighted by Gasteiger charge is -2.14. The zero-order valence-electron chi connectivity index (χ0n) is 19.8. The molecule has 0 fully saturated rings. The summed E-state index contributed by atoms with van der Waals surface area (Å²) in [7, 11) is -6.75. The molecule has 36 heavy (non-hydrogen) atoms. The molecule has 192 valence electrons. The maximum absolute atomic E-state index is 11.5. The fourth-order valence-corrected chi connectivity index (χ4v) is 4.99. The minimum atomic E-state index is -3.39. The topological polar surface area (TPSA) is 150 Å². The third kappa shape index (κ3) is 6.88. The van der Waals surface area contributed by atoms with E-state index < -0.39 is 26.2 Å². The van der Waals surface area contributed by atoms with E-state index in [4.69, 9.17) is 4.74 Å². The van der Waals surface area contributed by atoms with Crippen LogP contribution in [0.1, 0.15) is 11.7 Å². The molecular formula is C24H28N4O6S2. The van der Waals surface area contributed by atoms with E-state index in [0.29, 0.717) is 35.8 Å². The SMILES string of the molecule is CS(=O)(=O)Nc1cccc(C(O)CNCCOc2ccc3c(c2)[nH]c2cc(NS(C)(=O)=O)ccc23)c1. The van der Waals surface area contributed by atoms with Gasteiger partial charge in [-0.15, -0.1) is 0 Å². The molecule has 10 nitrogen and oxygen atoms in total. The zero-order valence-corrected chi connectivity index (χ0v) is 21.4. The van der Waals surface area contributed by atoms with Crippen molar-refractivity contribution in [1.82, 2.24) is 10.3 Å². The van der Waals surface area contributed by atoms with Crippen LogP contribution in [0.25, 0.3) is 21.8 Å². The Labute approximate surface area is 209 Å². The summed E-state index contributed by atoms with van der Waals surface area (Å²) >= 11 is 0. The lowest BCUT2D eigenvalue weighted by Crippen LogP contribution is -2.26. The number of aliphatic hydroxyl groups excluding tert-OH is 1. The molecule has 1 atom stereocenters. The number of hydrogen-bond acceptors (Lipinski definition) is 7. The van der Waals surface area contributed by atoms with Crippen molar-refractivity contribution in [1.29, 1.82) is 0 Å². The Morgan fingerprint density at radius 3 is 2.19 bits per heavy atom. The second kappa shape index (κ2) is 10.3. The summed E-state index contributed by atoms with van der Waals surface area (Å²) in [4.78, 5) is 3.29. The first-order valence-corrected chi connectivity index (χ1v) is 14.9. The van der Waals surface area contributed by atoms with Gasteiger partial charge < -0.3 is 20.1 Å². The van der Waals surface area contributed by atoms with Crippen LogP contribution >= 0.6 is 0 Å². The van der Waals surface area contributed by atoms with Crippen LogP contribution in [0, 0.1) is 0 Å². The van der Waals surface area contributed by atoms with Gasteiger partial charge in [-0.05, 0) is 42.0 Å². The molecule has 0 saturated heterocycles. The van der Waals surface area contributed by atoms with Gasteiger partial charge in [0.25, 0.3) is 0 Å². The first kappa shape index (κ1) is 25.8. The highest BCUT2D eigenvalue weighted by Crippen LogP contribution is 2.30. The molecule has 0 amide bonds. The van der Waals surface area contributed by atoms with Gasteiger partial charge >= 0.3 is 0 Å². The number of fused-ring (bicyclic) bond motifs is 3. The molecule has 4 rings (SSSR count). The third-order valence-electron chi connectivity index (χ3n) is 5.33. The minimum absolute atomic E-state index is 0.274. The molecule has 1 aromatic heterocycles. The van der Waals surface area contributed by atoms with Gasteiger partial charge in [-0.2, -0.15) is 0 Å². The molecule has 5 N–H and O–H groups in total. The molecular weight excluding hydrogens is 504 g/mol. The lowest BCUT2D eigenvalue weighted by atomic mass is 10.1. The molecule has 0 bridgehead atoms. The summed E-state index contributed by atoms with van der Waals surface area (Å²) in [5, 5.41) is 15.5. The number of anilines is 2. The third-order valence-corrected chi connectivity index (χ3v) is 6.55. The van der Waals surface area contributed by atoms with Crippen LogP contribution in [0.3, 0.4) is 0 Å². The summed E-state index contributed by atoms with van der Waals surface area (Å²) in [5.74, 6) is 0.672.